The molecule has 0 saturated heterocycles. The third-order valence-corrected chi connectivity index (χ3v) is 5.05. The van der Waals surface area contributed by atoms with Crippen molar-refractivity contribution in [2.24, 2.45) is 0 Å². The number of hydrogen-bond donors (Lipinski definition) is 3. The Morgan fingerprint density at radius 3 is 2.68 bits per heavy atom. The molecule has 3 aromatic heterocycles. The lowest BCUT2D eigenvalue weighted by molar-refractivity contribution is 0.0954. The molecular formula is C24H26N6O. The molecule has 31 heavy (non-hydrogen) atoms. The normalized spacial score (nSPS) is 11.1. The van der Waals surface area contributed by atoms with Crippen LogP contribution in [0.5, 0.6) is 0 Å². The van der Waals surface area contributed by atoms with Crippen molar-refractivity contribution in [1.82, 2.24) is 25.5 Å². The molecule has 7 nitrogen and oxygen atoms in total. The van der Waals surface area contributed by atoms with Crippen molar-refractivity contribution in [2.75, 3.05) is 11.9 Å². The van der Waals surface area contributed by atoms with E-state index in [-0.39, 0.29) is 11.9 Å². The maximum Gasteiger partial charge on any atom is 0.254 e. The predicted molar refractivity (Wildman–Crippen MR) is 123 cm³/mol. The van der Waals surface area contributed by atoms with Gasteiger partial charge in [0.1, 0.15) is 0 Å². The Labute approximate surface area is 181 Å². The smallest absolute Gasteiger partial charge is 0.254 e. The van der Waals surface area contributed by atoms with Crippen LogP contribution in [0.3, 0.4) is 0 Å². The van der Waals surface area contributed by atoms with E-state index >= 15 is 0 Å². The summed E-state index contributed by atoms with van der Waals surface area (Å²) >= 11 is 0. The van der Waals surface area contributed by atoms with Crippen LogP contribution in [0.25, 0.3) is 22.0 Å². The van der Waals surface area contributed by atoms with Crippen LogP contribution >= 0.6 is 0 Å². The number of amides is 1. The zero-order chi connectivity index (χ0) is 21.6. The van der Waals surface area contributed by atoms with E-state index in [9.17, 15) is 4.79 Å². The Hall–Kier alpha value is -3.74. The molecule has 4 rings (SSSR count). The number of aromatic nitrogens is 4. The fraction of sp³-hybridized carbons (Fsp3) is 0.250. The number of carbonyl (C=O) groups is 1. The number of rotatable bonds is 8. The average molecular weight is 415 g/mol. The summed E-state index contributed by atoms with van der Waals surface area (Å²) in [6, 6.07) is 10.2. The van der Waals surface area contributed by atoms with Gasteiger partial charge in [-0.1, -0.05) is 6.07 Å². The molecule has 0 atom stereocenters. The molecule has 1 amide bonds. The summed E-state index contributed by atoms with van der Waals surface area (Å²) < 4.78 is 0. The summed E-state index contributed by atoms with van der Waals surface area (Å²) in [6.45, 7) is 4.71. The number of aryl methyl sites for hydroxylation is 1. The standard InChI is InChI=1S/C24H26N6O/c1-16(2)30-23-20-12-18(19-13-28-29-14-19)5-6-22(20)27-15-21(23)24(31)26-9-3-4-17-7-10-25-11-8-17/h5-8,10-16H,3-4,9H2,1-2H3,(H,26,31)(H,27,30)(H,28,29). The van der Waals surface area contributed by atoms with Gasteiger partial charge in [-0.25, -0.2) is 0 Å². The number of fused-ring (bicyclic) bond motifs is 1. The summed E-state index contributed by atoms with van der Waals surface area (Å²) in [5.41, 5.74) is 5.41. The SMILES string of the molecule is CC(C)Nc1c(C(=O)NCCCc2ccncc2)cnc2ccc(-c3cn[nH]c3)cc12. The molecule has 0 radical (unpaired) electrons. The van der Waals surface area contributed by atoms with Crippen LogP contribution in [0.2, 0.25) is 0 Å². The highest BCUT2D eigenvalue weighted by Gasteiger charge is 2.17. The number of H-pyrrole nitrogens is 1. The van der Waals surface area contributed by atoms with E-state index in [1.807, 2.05) is 30.5 Å². The van der Waals surface area contributed by atoms with Crippen molar-refractivity contribution >= 4 is 22.5 Å². The molecule has 4 aromatic rings. The molecule has 0 aliphatic carbocycles. The van der Waals surface area contributed by atoms with Gasteiger partial charge in [0.05, 0.1) is 23.0 Å². The van der Waals surface area contributed by atoms with Crippen molar-refractivity contribution in [3.63, 3.8) is 0 Å². The molecule has 0 aliphatic heterocycles. The van der Waals surface area contributed by atoms with Crippen molar-refractivity contribution in [3.8, 4) is 11.1 Å². The van der Waals surface area contributed by atoms with Crippen LogP contribution in [-0.4, -0.2) is 38.7 Å². The number of anilines is 1. The monoisotopic (exact) mass is 414 g/mol. The molecule has 0 spiro atoms. The number of nitrogens with zero attached hydrogens (tertiary/aromatic N) is 3. The Bertz CT molecular complexity index is 1160. The van der Waals surface area contributed by atoms with Crippen LogP contribution in [0, 0.1) is 0 Å². The van der Waals surface area contributed by atoms with E-state index in [4.69, 9.17) is 0 Å². The first-order chi connectivity index (χ1) is 15.1. The lowest BCUT2D eigenvalue weighted by Crippen LogP contribution is -2.26. The topological polar surface area (TPSA) is 95.6 Å². The molecule has 7 heteroatoms. The third kappa shape index (κ3) is 4.88. The molecule has 0 unspecified atom stereocenters. The van der Waals surface area contributed by atoms with E-state index < -0.39 is 0 Å². The highest BCUT2D eigenvalue weighted by Crippen LogP contribution is 2.31. The second kappa shape index (κ2) is 9.38. The van der Waals surface area contributed by atoms with Gasteiger partial charge in [0.25, 0.3) is 5.91 Å². The Balaban J connectivity index is 1.57. The number of carbonyl (C=O) groups excluding carboxylic acids is 1. The van der Waals surface area contributed by atoms with Crippen molar-refractivity contribution in [1.29, 1.82) is 0 Å². The first-order valence-electron chi connectivity index (χ1n) is 10.5. The quantitative estimate of drug-likeness (QED) is 0.376. The molecular weight excluding hydrogens is 388 g/mol. The van der Waals surface area contributed by atoms with Gasteiger partial charge < -0.3 is 10.6 Å². The molecule has 0 bridgehead atoms. The fourth-order valence-electron chi connectivity index (χ4n) is 3.54. The van der Waals surface area contributed by atoms with E-state index in [2.05, 4.69) is 50.7 Å². The number of nitrogens with one attached hydrogen (secondary N) is 3. The summed E-state index contributed by atoms with van der Waals surface area (Å²) in [7, 11) is 0. The molecule has 3 heterocycles. The first kappa shape index (κ1) is 20.5. The minimum Gasteiger partial charge on any atom is -0.382 e. The van der Waals surface area contributed by atoms with Crippen LogP contribution in [0.15, 0.2) is 61.3 Å². The first-order valence-corrected chi connectivity index (χ1v) is 10.5. The van der Waals surface area contributed by atoms with E-state index in [1.54, 1.807) is 24.8 Å². The third-order valence-electron chi connectivity index (χ3n) is 5.05. The summed E-state index contributed by atoms with van der Waals surface area (Å²) in [6.07, 6.45) is 10.6. The van der Waals surface area contributed by atoms with Crippen LogP contribution in [0.4, 0.5) is 5.69 Å². The van der Waals surface area contributed by atoms with Crippen LogP contribution in [-0.2, 0) is 6.42 Å². The minimum absolute atomic E-state index is 0.124. The van der Waals surface area contributed by atoms with Crippen LogP contribution in [0.1, 0.15) is 36.2 Å². The largest absolute Gasteiger partial charge is 0.382 e. The van der Waals surface area contributed by atoms with Gasteiger partial charge in [0, 0.05) is 48.3 Å². The number of pyridine rings is 2. The van der Waals surface area contributed by atoms with Gasteiger partial charge in [0.2, 0.25) is 0 Å². The Morgan fingerprint density at radius 2 is 1.94 bits per heavy atom. The number of aromatic amines is 1. The molecule has 1 aromatic carbocycles. The molecule has 3 N–H and O–H groups in total. The van der Waals surface area contributed by atoms with Crippen LogP contribution < -0.4 is 10.6 Å². The van der Waals surface area contributed by atoms with Gasteiger partial charge in [-0.2, -0.15) is 5.10 Å². The average Bonchev–Trinajstić information content (AvgIpc) is 3.32. The Kier molecular flexibility index (Phi) is 6.21. The predicted octanol–water partition coefficient (Wildman–Crippen LogP) is 4.20. The highest BCUT2D eigenvalue weighted by atomic mass is 16.1. The summed E-state index contributed by atoms with van der Waals surface area (Å²) in [4.78, 5) is 21.6. The maximum atomic E-state index is 13.0. The minimum atomic E-state index is -0.124. The fourth-order valence-corrected chi connectivity index (χ4v) is 3.54. The van der Waals surface area contributed by atoms with Crippen molar-refractivity contribution in [2.45, 2.75) is 32.7 Å². The van der Waals surface area contributed by atoms with E-state index in [0.29, 0.717) is 12.1 Å². The van der Waals surface area contributed by atoms with Gasteiger partial charge in [-0.05, 0) is 62.1 Å². The van der Waals surface area contributed by atoms with Gasteiger partial charge >= 0.3 is 0 Å². The van der Waals surface area contributed by atoms with E-state index in [1.165, 1.54) is 5.56 Å². The summed E-state index contributed by atoms with van der Waals surface area (Å²) in [5, 5.41) is 14.3. The van der Waals surface area contributed by atoms with Gasteiger partial charge in [-0.15, -0.1) is 0 Å². The number of benzene rings is 1. The zero-order valence-corrected chi connectivity index (χ0v) is 17.7. The summed E-state index contributed by atoms with van der Waals surface area (Å²) in [5.74, 6) is -0.124. The Morgan fingerprint density at radius 1 is 1.10 bits per heavy atom. The van der Waals surface area contributed by atoms with Crippen molar-refractivity contribution in [3.05, 3.63) is 72.4 Å². The van der Waals surface area contributed by atoms with Gasteiger partial charge in [0.15, 0.2) is 0 Å². The second-order valence-corrected chi connectivity index (χ2v) is 7.78. The second-order valence-electron chi connectivity index (χ2n) is 7.78. The molecule has 158 valence electrons. The van der Waals surface area contributed by atoms with Gasteiger partial charge in [-0.3, -0.25) is 19.9 Å². The molecule has 0 aliphatic rings. The van der Waals surface area contributed by atoms with E-state index in [0.717, 1.165) is 40.6 Å². The van der Waals surface area contributed by atoms with Crippen molar-refractivity contribution < 1.29 is 4.79 Å². The lowest BCUT2D eigenvalue weighted by atomic mass is 10.0. The maximum absolute atomic E-state index is 13.0. The lowest BCUT2D eigenvalue weighted by Gasteiger charge is -2.17. The molecule has 0 saturated carbocycles. The zero-order valence-electron chi connectivity index (χ0n) is 17.7. The molecule has 0 fully saturated rings. The highest BCUT2D eigenvalue weighted by molar-refractivity contribution is 6.07. The number of hydrogen-bond acceptors (Lipinski definition) is 5.